The molecule has 3 heteroatoms. The molecule has 0 amide bonds. The summed E-state index contributed by atoms with van der Waals surface area (Å²) in [6, 6.07) is 11.3. The van der Waals surface area contributed by atoms with E-state index in [9.17, 15) is 4.79 Å². The van der Waals surface area contributed by atoms with Gasteiger partial charge in [0.25, 0.3) is 0 Å². The number of hydrogen-bond acceptors (Lipinski definition) is 3. The first kappa shape index (κ1) is 18.5. The van der Waals surface area contributed by atoms with Crippen molar-refractivity contribution >= 4 is 6.08 Å². The summed E-state index contributed by atoms with van der Waals surface area (Å²) in [4.78, 5) is 12.4. The molecule has 1 aromatic carbocycles. The van der Waals surface area contributed by atoms with Crippen LogP contribution in [-0.4, -0.2) is 0 Å². The van der Waals surface area contributed by atoms with E-state index in [0.717, 1.165) is 5.56 Å². The lowest BCUT2D eigenvalue weighted by Crippen LogP contribution is -2.12. The van der Waals surface area contributed by atoms with Crippen LogP contribution in [0.15, 0.2) is 51.7 Å². The highest BCUT2D eigenvalue weighted by Gasteiger charge is 2.22. The number of aryl methyl sites for hydroxylation is 1. The maximum atomic E-state index is 12.4. The molecular formula is C23H28O3. The van der Waals surface area contributed by atoms with E-state index in [-0.39, 0.29) is 10.8 Å². The van der Waals surface area contributed by atoms with Gasteiger partial charge in [0.15, 0.2) is 0 Å². The van der Waals surface area contributed by atoms with Crippen LogP contribution in [-0.2, 0) is 6.61 Å². The summed E-state index contributed by atoms with van der Waals surface area (Å²) < 4.78 is 11.5. The van der Waals surface area contributed by atoms with E-state index in [1.807, 2.05) is 36.4 Å². The molecule has 2 aromatic rings. The van der Waals surface area contributed by atoms with Crippen molar-refractivity contribution in [2.24, 2.45) is 5.41 Å². The molecule has 1 aliphatic carbocycles. The summed E-state index contributed by atoms with van der Waals surface area (Å²) in [6.07, 6.45) is 11.8. The monoisotopic (exact) mass is 352 g/mol. The minimum atomic E-state index is -0.129. The molecule has 0 bridgehead atoms. The highest BCUT2D eigenvalue weighted by Crippen LogP contribution is 2.36. The summed E-state index contributed by atoms with van der Waals surface area (Å²) in [7, 11) is 0. The molecule has 1 heterocycles. The Morgan fingerprint density at radius 1 is 1.12 bits per heavy atom. The van der Waals surface area contributed by atoms with Crippen LogP contribution in [0.2, 0.25) is 0 Å². The molecule has 0 radical (unpaired) electrons. The first-order chi connectivity index (χ1) is 12.6. The smallest absolute Gasteiger partial charge is 0.227 e. The van der Waals surface area contributed by atoms with E-state index >= 15 is 0 Å². The van der Waals surface area contributed by atoms with Gasteiger partial charge in [-0.05, 0) is 36.8 Å². The van der Waals surface area contributed by atoms with Crippen LogP contribution in [0.3, 0.4) is 0 Å². The summed E-state index contributed by atoms with van der Waals surface area (Å²) in [6.45, 7) is 4.45. The minimum absolute atomic E-state index is 0.129. The zero-order chi connectivity index (χ0) is 18.4. The van der Waals surface area contributed by atoms with Crippen LogP contribution in [0.4, 0.5) is 0 Å². The maximum absolute atomic E-state index is 12.4. The van der Waals surface area contributed by atoms with Crippen molar-refractivity contribution in [1.82, 2.24) is 0 Å². The lowest BCUT2D eigenvalue weighted by Gasteiger charge is -2.23. The number of hydrogen-bond donors (Lipinski definition) is 0. The Hall–Kier alpha value is -2.29. The third kappa shape index (κ3) is 4.87. The predicted molar refractivity (Wildman–Crippen MR) is 105 cm³/mol. The number of allylic oxidation sites excluding steroid dienone is 1. The second-order valence-corrected chi connectivity index (χ2v) is 7.57. The lowest BCUT2D eigenvalue weighted by molar-refractivity contribution is 0.285. The minimum Gasteiger partial charge on any atom is -0.482 e. The zero-order valence-corrected chi connectivity index (χ0v) is 15.8. The van der Waals surface area contributed by atoms with Gasteiger partial charge in [-0.1, -0.05) is 69.0 Å². The van der Waals surface area contributed by atoms with E-state index < -0.39 is 0 Å². The molecule has 0 unspecified atom stereocenters. The fraction of sp³-hybridized carbons (Fsp3) is 0.435. The molecule has 1 fully saturated rings. The lowest BCUT2D eigenvalue weighted by atomic mass is 9.82. The van der Waals surface area contributed by atoms with Crippen molar-refractivity contribution in [1.29, 1.82) is 0 Å². The van der Waals surface area contributed by atoms with Gasteiger partial charge in [-0.3, -0.25) is 4.79 Å². The van der Waals surface area contributed by atoms with Crippen LogP contribution < -0.4 is 10.2 Å². The van der Waals surface area contributed by atoms with Gasteiger partial charge in [-0.25, -0.2) is 0 Å². The van der Waals surface area contributed by atoms with Crippen LogP contribution in [0.25, 0.3) is 6.08 Å². The molecule has 26 heavy (non-hydrogen) atoms. The van der Waals surface area contributed by atoms with Gasteiger partial charge in [0.1, 0.15) is 18.1 Å². The maximum Gasteiger partial charge on any atom is 0.227 e. The average molecular weight is 352 g/mol. The predicted octanol–water partition coefficient (Wildman–Crippen LogP) is 5.90. The molecule has 0 atom stereocenters. The number of benzene rings is 1. The third-order valence-corrected chi connectivity index (χ3v) is 5.21. The first-order valence-corrected chi connectivity index (χ1v) is 9.56. The van der Waals surface area contributed by atoms with Crippen molar-refractivity contribution in [3.63, 3.8) is 0 Å². The topological polar surface area (TPSA) is 39.4 Å². The SMILES string of the molecule is Cc1oc(/C=C/C2(C)CCCCCC2)cc(=O)c1OCc1ccccc1. The van der Waals surface area contributed by atoms with Crippen molar-refractivity contribution in [3.8, 4) is 5.75 Å². The van der Waals surface area contributed by atoms with Crippen LogP contribution in [0.5, 0.6) is 5.75 Å². The normalized spacial score (nSPS) is 17.2. The Kier molecular flexibility index (Phi) is 5.97. The van der Waals surface area contributed by atoms with E-state index in [1.165, 1.54) is 44.6 Å². The molecule has 1 aliphatic rings. The Bertz CT molecular complexity index is 794. The van der Waals surface area contributed by atoms with Gasteiger partial charge in [0.05, 0.1) is 0 Å². The van der Waals surface area contributed by atoms with Crippen molar-refractivity contribution < 1.29 is 9.15 Å². The fourth-order valence-electron chi connectivity index (χ4n) is 3.59. The second kappa shape index (κ2) is 8.39. The molecule has 3 rings (SSSR count). The molecule has 1 aromatic heterocycles. The summed E-state index contributed by atoms with van der Waals surface area (Å²) in [5, 5.41) is 0. The molecule has 0 spiro atoms. The third-order valence-electron chi connectivity index (χ3n) is 5.21. The van der Waals surface area contributed by atoms with E-state index in [4.69, 9.17) is 9.15 Å². The van der Waals surface area contributed by atoms with Gasteiger partial charge in [0, 0.05) is 6.07 Å². The van der Waals surface area contributed by atoms with E-state index in [0.29, 0.717) is 23.9 Å². The molecule has 138 valence electrons. The second-order valence-electron chi connectivity index (χ2n) is 7.57. The zero-order valence-electron chi connectivity index (χ0n) is 15.8. The van der Waals surface area contributed by atoms with Crippen molar-refractivity contribution in [3.05, 3.63) is 69.8 Å². The van der Waals surface area contributed by atoms with Gasteiger partial charge >= 0.3 is 0 Å². The Balaban J connectivity index is 1.72. The van der Waals surface area contributed by atoms with Crippen LogP contribution in [0.1, 0.15) is 62.5 Å². The van der Waals surface area contributed by atoms with Gasteiger partial charge in [0.2, 0.25) is 11.2 Å². The van der Waals surface area contributed by atoms with Crippen LogP contribution in [0, 0.1) is 12.3 Å². The highest BCUT2D eigenvalue weighted by molar-refractivity contribution is 5.45. The molecule has 3 nitrogen and oxygen atoms in total. The number of rotatable bonds is 5. The van der Waals surface area contributed by atoms with Gasteiger partial charge < -0.3 is 9.15 Å². The largest absolute Gasteiger partial charge is 0.482 e. The summed E-state index contributed by atoms with van der Waals surface area (Å²) in [5.41, 5.74) is 1.10. The summed E-state index contributed by atoms with van der Waals surface area (Å²) in [5.74, 6) is 1.43. The van der Waals surface area contributed by atoms with Gasteiger partial charge in [-0.15, -0.1) is 0 Å². The standard InChI is InChI=1S/C23H28O3/c1-18-22(25-17-19-10-6-5-7-11-19)21(24)16-20(26-18)12-15-23(2)13-8-3-4-9-14-23/h5-7,10-12,15-16H,3-4,8-9,13-14,17H2,1-2H3/b15-12+. The van der Waals surface area contributed by atoms with Crippen molar-refractivity contribution in [2.75, 3.05) is 0 Å². The molecular weight excluding hydrogens is 324 g/mol. The molecule has 0 N–H and O–H groups in total. The Morgan fingerprint density at radius 2 is 1.81 bits per heavy atom. The number of ether oxygens (including phenoxy) is 1. The molecule has 0 saturated heterocycles. The fourth-order valence-corrected chi connectivity index (χ4v) is 3.59. The summed E-state index contributed by atoms with van der Waals surface area (Å²) >= 11 is 0. The van der Waals surface area contributed by atoms with E-state index in [2.05, 4.69) is 13.0 Å². The Labute approximate surface area is 155 Å². The average Bonchev–Trinajstić information content (AvgIpc) is 2.85. The van der Waals surface area contributed by atoms with Crippen LogP contribution >= 0.6 is 0 Å². The Morgan fingerprint density at radius 3 is 2.46 bits per heavy atom. The highest BCUT2D eigenvalue weighted by atomic mass is 16.5. The quantitative estimate of drug-likeness (QED) is 0.629. The van der Waals surface area contributed by atoms with E-state index in [1.54, 1.807) is 6.92 Å². The first-order valence-electron chi connectivity index (χ1n) is 9.56. The van der Waals surface area contributed by atoms with Gasteiger partial charge in [-0.2, -0.15) is 0 Å². The van der Waals surface area contributed by atoms with Crippen molar-refractivity contribution in [2.45, 2.75) is 59.0 Å². The molecule has 1 saturated carbocycles. The molecule has 0 aliphatic heterocycles.